The number of nitrogens with zero attached hydrogens (tertiary/aromatic N) is 1. The average molecular weight is 321 g/mol. The van der Waals surface area contributed by atoms with Gasteiger partial charge in [-0.05, 0) is 17.2 Å². The molecular formula is C20H19NOS. The number of Topliss-reactive ketones (excluding diaryl/α,β-unsaturated/α-hetero) is 1. The summed E-state index contributed by atoms with van der Waals surface area (Å²) in [6.45, 7) is 2.09. The molecule has 1 atom stereocenters. The topological polar surface area (TPSA) is 20.3 Å². The summed E-state index contributed by atoms with van der Waals surface area (Å²) >= 11 is 2.00. The average Bonchev–Trinajstić information content (AvgIpc) is 2.89. The van der Waals surface area contributed by atoms with E-state index < -0.39 is 0 Å². The zero-order valence-corrected chi connectivity index (χ0v) is 13.8. The van der Waals surface area contributed by atoms with Crippen LogP contribution in [-0.4, -0.2) is 35.3 Å². The minimum absolute atomic E-state index is 0.111. The Labute approximate surface area is 141 Å². The number of thioether (sulfide) groups is 1. The molecule has 2 aromatic rings. The highest BCUT2D eigenvalue weighted by molar-refractivity contribution is 7.99. The predicted octanol–water partition coefficient (Wildman–Crippen LogP) is 4.06. The largest absolute Gasteiger partial charge is 0.291 e. The van der Waals surface area contributed by atoms with Crippen molar-refractivity contribution in [2.24, 2.45) is 0 Å². The van der Waals surface area contributed by atoms with Crippen molar-refractivity contribution in [2.45, 2.75) is 6.04 Å². The molecule has 2 aliphatic rings. The molecule has 0 radical (unpaired) electrons. The van der Waals surface area contributed by atoms with Crippen molar-refractivity contribution in [2.75, 3.05) is 24.6 Å². The van der Waals surface area contributed by atoms with E-state index in [-0.39, 0.29) is 11.8 Å². The molecule has 1 heterocycles. The molecule has 0 amide bonds. The molecule has 116 valence electrons. The molecule has 3 heteroatoms. The minimum Gasteiger partial charge on any atom is -0.291 e. The zero-order valence-electron chi connectivity index (χ0n) is 12.9. The summed E-state index contributed by atoms with van der Waals surface area (Å²) in [5, 5.41) is 0. The van der Waals surface area contributed by atoms with Gasteiger partial charge in [-0.3, -0.25) is 9.69 Å². The van der Waals surface area contributed by atoms with E-state index in [0.717, 1.165) is 41.3 Å². The molecule has 1 unspecified atom stereocenters. The number of hydrogen-bond acceptors (Lipinski definition) is 3. The van der Waals surface area contributed by atoms with E-state index in [1.165, 1.54) is 5.56 Å². The minimum atomic E-state index is 0.111. The van der Waals surface area contributed by atoms with Crippen LogP contribution in [0.1, 0.15) is 27.5 Å². The molecule has 0 saturated carbocycles. The second-order valence-corrected chi connectivity index (χ2v) is 7.20. The highest BCUT2D eigenvalue weighted by Gasteiger charge is 2.38. The molecule has 23 heavy (non-hydrogen) atoms. The van der Waals surface area contributed by atoms with Crippen LogP contribution in [0.15, 0.2) is 60.2 Å². The Bertz CT molecular complexity index is 747. The lowest BCUT2D eigenvalue weighted by Gasteiger charge is -2.33. The Kier molecular flexibility index (Phi) is 4.06. The summed E-state index contributed by atoms with van der Waals surface area (Å²) in [5.74, 6) is 2.48. The molecule has 0 N–H and O–H groups in total. The van der Waals surface area contributed by atoms with Crippen LogP contribution in [0.3, 0.4) is 0 Å². The van der Waals surface area contributed by atoms with Gasteiger partial charge >= 0.3 is 0 Å². The number of ketones is 1. The maximum Gasteiger partial charge on any atom is 0.191 e. The number of carbonyl (C=O) groups is 1. The smallest absolute Gasteiger partial charge is 0.191 e. The molecule has 4 rings (SSSR count). The first kappa shape index (κ1) is 14.7. The third-order valence-corrected chi connectivity index (χ3v) is 5.53. The Morgan fingerprint density at radius 3 is 2.43 bits per heavy atom. The second kappa shape index (κ2) is 6.34. The van der Waals surface area contributed by atoms with Crippen LogP contribution in [0.2, 0.25) is 0 Å². The maximum absolute atomic E-state index is 13.0. The SMILES string of the molecule is O=C1C(=Cc2ccccc2)C(N2CCSCC2)c2ccccc21. The number of carbonyl (C=O) groups excluding carboxylic acids is 1. The van der Waals surface area contributed by atoms with Gasteiger partial charge in [-0.1, -0.05) is 54.6 Å². The first-order valence-electron chi connectivity index (χ1n) is 8.06. The first-order chi connectivity index (χ1) is 11.3. The molecule has 1 fully saturated rings. The number of rotatable bonds is 2. The van der Waals surface area contributed by atoms with Crippen LogP contribution >= 0.6 is 11.8 Å². The molecule has 1 aliphatic heterocycles. The van der Waals surface area contributed by atoms with E-state index in [1.54, 1.807) is 0 Å². The predicted molar refractivity (Wildman–Crippen MR) is 96.8 cm³/mol. The summed E-state index contributed by atoms with van der Waals surface area (Å²) < 4.78 is 0. The van der Waals surface area contributed by atoms with E-state index in [2.05, 4.69) is 29.2 Å². The van der Waals surface area contributed by atoms with Gasteiger partial charge in [-0.2, -0.15) is 11.8 Å². The van der Waals surface area contributed by atoms with Crippen LogP contribution < -0.4 is 0 Å². The Morgan fingerprint density at radius 2 is 1.65 bits per heavy atom. The fourth-order valence-electron chi connectivity index (χ4n) is 3.49. The van der Waals surface area contributed by atoms with Crippen molar-refractivity contribution >= 4 is 23.6 Å². The van der Waals surface area contributed by atoms with Gasteiger partial charge in [0.15, 0.2) is 5.78 Å². The number of hydrogen-bond donors (Lipinski definition) is 0. The molecular weight excluding hydrogens is 302 g/mol. The molecule has 2 aromatic carbocycles. The van der Waals surface area contributed by atoms with Crippen LogP contribution in [0, 0.1) is 0 Å². The lowest BCUT2D eigenvalue weighted by molar-refractivity contribution is 0.102. The van der Waals surface area contributed by atoms with E-state index in [1.807, 2.05) is 48.2 Å². The van der Waals surface area contributed by atoms with Crippen molar-refractivity contribution in [1.29, 1.82) is 0 Å². The second-order valence-electron chi connectivity index (χ2n) is 5.98. The molecule has 1 saturated heterocycles. The van der Waals surface area contributed by atoms with Crippen LogP contribution in [0.4, 0.5) is 0 Å². The first-order valence-corrected chi connectivity index (χ1v) is 9.22. The quantitative estimate of drug-likeness (QED) is 0.778. The molecule has 1 aliphatic carbocycles. The Morgan fingerprint density at radius 1 is 0.957 bits per heavy atom. The van der Waals surface area contributed by atoms with Crippen LogP contribution in [-0.2, 0) is 0 Å². The normalized spacial score (nSPS) is 23.2. The maximum atomic E-state index is 13.0. The van der Waals surface area contributed by atoms with Crippen LogP contribution in [0.25, 0.3) is 6.08 Å². The highest BCUT2D eigenvalue weighted by Crippen LogP contribution is 2.41. The number of benzene rings is 2. The van der Waals surface area contributed by atoms with Crippen LogP contribution in [0.5, 0.6) is 0 Å². The Balaban J connectivity index is 1.80. The summed E-state index contributed by atoms with van der Waals surface area (Å²) in [6, 6.07) is 18.4. The summed E-state index contributed by atoms with van der Waals surface area (Å²) in [6.07, 6.45) is 2.08. The van der Waals surface area contributed by atoms with E-state index in [4.69, 9.17) is 0 Å². The van der Waals surface area contributed by atoms with Crippen molar-refractivity contribution in [3.8, 4) is 0 Å². The zero-order chi connectivity index (χ0) is 15.6. The summed E-state index contributed by atoms with van der Waals surface area (Å²) in [5.41, 5.74) is 4.06. The standard InChI is InChI=1S/C20H19NOS/c22-20-17-9-5-4-8-16(17)19(21-10-12-23-13-11-21)18(20)14-15-6-2-1-3-7-15/h1-9,14,19H,10-13H2. The number of fused-ring (bicyclic) bond motifs is 1. The molecule has 2 nitrogen and oxygen atoms in total. The van der Waals surface area contributed by atoms with E-state index >= 15 is 0 Å². The summed E-state index contributed by atoms with van der Waals surface area (Å²) in [7, 11) is 0. The van der Waals surface area contributed by atoms with Gasteiger partial charge in [0.2, 0.25) is 0 Å². The van der Waals surface area contributed by atoms with E-state index in [9.17, 15) is 4.79 Å². The summed E-state index contributed by atoms with van der Waals surface area (Å²) in [4.78, 5) is 15.4. The van der Waals surface area contributed by atoms with Gasteiger partial charge < -0.3 is 0 Å². The molecule has 0 aromatic heterocycles. The van der Waals surface area contributed by atoms with Gasteiger partial charge in [0, 0.05) is 35.7 Å². The van der Waals surface area contributed by atoms with Crippen molar-refractivity contribution in [1.82, 2.24) is 4.90 Å². The van der Waals surface area contributed by atoms with Gasteiger partial charge in [-0.15, -0.1) is 0 Å². The fraction of sp³-hybridized carbons (Fsp3) is 0.250. The third kappa shape index (κ3) is 2.75. The van der Waals surface area contributed by atoms with Crippen molar-refractivity contribution < 1.29 is 4.79 Å². The lowest BCUT2D eigenvalue weighted by Crippen LogP contribution is -2.36. The fourth-order valence-corrected chi connectivity index (χ4v) is 4.42. The van der Waals surface area contributed by atoms with Gasteiger partial charge in [0.25, 0.3) is 0 Å². The van der Waals surface area contributed by atoms with Gasteiger partial charge in [-0.25, -0.2) is 0 Å². The monoisotopic (exact) mass is 321 g/mol. The Hall–Kier alpha value is -1.84. The van der Waals surface area contributed by atoms with Gasteiger partial charge in [0.1, 0.15) is 0 Å². The molecule has 0 spiro atoms. The lowest BCUT2D eigenvalue weighted by atomic mass is 10.0. The van der Waals surface area contributed by atoms with Crippen molar-refractivity contribution in [3.63, 3.8) is 0 Å². The van der Waals surface area contributed by atoms with Crippen molar-refractivity contribution in [3.05, 3.63) is 76.9 Å². The third-order valence-electron chi connectivity index (χ3n) is 4.59. The highest BCUT2D eigenvalue weighted by atomic mass is 32.2. The van der Waals surface area contributed by atoms with Gasteiger partial charge in [0.05, 0.1) is 6.04 Å². The molecule has 0 bridgehead atoms. The van der Waals surface area contributed by atoms with E-state index in [0.29, 0.717) is 0 Å².